The average Bonchev–Trinajstić information content (AvgIpc) is 3.12. The van der Waals surface area contributed by atoms with Gasteiger partial charge in [0.05, 0.1) is 7.11 Å². The number of hydrogen-bond donors (Lipinski definition) is 2. The quantitative estimate of drug-likeness (QED) is 0.449. The van der Waals surface area contributed by atoms with Crippen molar-refractivity contribution in [2.45, 2.75) is 38.6 Å². The van der Waals surface area contributed by atoms with Gasteiger partial charge in [-0.25, -0.2) is 0 Å². The molecule has 25 heavy (non-hydrogen) atoms. The van der Waals surface area contributed by atoms with E-state index >= 15 is 0 Å². The number of likely N-dealkylation sites (tertiary alicyclic amines) is 1. The summed E-state index contributed by atoms with van der Waals surface area (Å²) in [4.78, 5) is 18.0. The molecule has 1 fully saturated rings. The SMILES string of the molecule is CCC(=O)N1CCC(NC(=NC)NCCCc2cccc(OC)c2)C1. The zero-order valence-electron chi connectivity index (χ0n) is 15.5. The lowest BCUT2D eigenvalue weighted by molar-refractivity contribution is -0.129. The number of nitrogens with one attached hydrogen (secondary N) is 2. The van der Waals surface area contributed by atoms with Crippen molar-refractivity contribution in [3.05, 3.63) is 29.8 Å². The second-order valence-corrected chi connectivity index (χ2v) is 6.28. The van der Waals surface area contributed by atoms with E-state index in [-0.39, 0.29) is 11.9 Å². The molecule has 1 heterocycles. The zero-order chi connectivity index (χ0) is 18.1. The van der Waals surface area contributed by atoms with Gasteiger partial charge >= 0.3 is 0 Å². The number of methoxy groups -OCH3 is 1. The third-order valence-electron chi connectivity index (χ3n) is 4.48. The molecule has 1 aromatic rings. The summed E-state index contributed by atoms with van der Waals surface area (Å²) in [6.45, 7) is 4.35. The molecule has 6 heteroatoms. The summed E-state index contributed by atoms with van der Waals surface area (Å²) in [6, 6.07) is 8.45. The van der Waals surface area contributed by atoms with Crippen molar-refractivity contribution < 1.29 is 9.53 Å². The molecule has 0 spiro atoms. The molecule has 1 amide bonds. The van der Waals surface area contributed by atoms with E-state index in [9.17, 15) is 4.79 Å². The third-order valence-corrected chi connectivity index (χ3v) is 4.48. The maximum atomic E-state index is 11.7. The topological polar surface area (TPSA) is 66.0 Å². The molecule has 1 aliphatic heterocycles. The Bertz CT molecular complexity index is 589. The van der Waals surface area contributed by atoms with Crippen LogP contribution in [-0.2, 0) is 11.2 Å². The molecule has 1 aromatic carbocycles. The van der Waals surface area contributed by atoms with Crippen molar-refractivity contribution in [2.24, 2.45) is 4.99 Å². The van der Waals surface area contributed by atoms with Gasteiger partial charge in [0.15, 0.2) is 5.96 Å². The van der Waals surface area contributed by atoms with Gasteiger partial charge in [-0.15, -0.1) is 0 Å². The van der Waals surface area contributed by atoms with Crippen LogP contribution in [0, 0.1) is 0 Å². The van der Waals surface area contributed by atoms with E-state index < -0.39 is 0 Å². The number of ether oxygens (including phenoxy) is 1. The van der Waals surface area contributed by atoms with Crippen LogP contribution in [0.4, 0.5) is 0 Å². The Morgan fingerprint density at radius 3 is 3.00 bits per heavy atom. The molecule has 0 radical (unpaired) electrons. The van der Waals surface area contributed by atoms with Crippen LogP contribution in [-0.4, -0.2) is 56.6 Å². The summed E-state index contributed by atoms with van der Waals surface area (Å²) < 4.78 is 5.25. The smallest absolute Gasteiger partial charge is 0.222 e. The molecule has 2 N–H and O–H groups in total. The highest BCUT2D eigenvalue weighted by molar-refractivity contribution is 5.80. The molecular formula is C19H30N4O2. The van der Waals surface area contributed by atoms with E-state index in [1.807, 2.05) is 24.0 Å². The van der Waals surface area contributed by atoms with Gasteiger partial charge in [0.2, 0.25) is 5.91 Å². The summed E-state index contributed by atoms with van der Waals surface area (Å²) in [5.41, 5.74) is 1.27. The Morgan fingerprint density at radius 2 is 2.28 bits per heavy atom. The van der Waals surface area contributed by atoms with Gasteiger partial charge in [0.25, 0.3) is 0 Å². The van der Waals surface area contributed by atoms with Gasteiger partial charge in [0.1, 0.15) is 5.75 Å². The number of amides is 1. The number of benzene rings is 1. The second kappa shape index (κ2) is 9.91. The van der Waals surface area contributed by atoms with E-state index in [1.54, 1.807) is 14.2 Å². The fourth-order valence-corrected chi connectivity index (χ4v) is 3.04. The van der Waals surface area contributed by atoms with Crippen LogP contribution in [0.5, 0.6) is 5.75 Å². The molecule has 2 rings (SSSR count). The van der Waals surface area contributed by atoms with Gasteiger partial charge in [-0.2, -0.15) is 0 Å². The normalized spacial score (nSPS) is 17.5. The molecule has 1 unspecified atom stereocenters. The highest BCUT2D eigenvalue weighted by Crippen LogP contribution is 2.13. The lowest BCUT2D eigenvalue weighted by Gasteiger charge is -2.18. The van der Waals surface area contributed by atoms with E-state index in [1.165, 1.54) is 5.56 Å². The van der Waals surface area contributed by atoms with E-state index in [0.717, 1.165) is 50.6 Å². The van der Waals surface area contributed by atoms with Gasteiger partial charge < -0.3 is 20.3 Å². The van der Waals surface area contributed by atoms with Crippen molar-refractivity contribution in [3.8, 4) is 5.75 Å². The molecule has 0 aliphatic carbocycles. The first-order chi connectivity index (χ1) is 12.2. The molecular weight excluding hydrogens is 316 g/mol. The van der Waals surface area contributed by atoms with Crippen molar-refractivity contribution in [1.29, 1.82) is 0 Å². The van der Waals surface area contributed by atoms with Gasteiger partial charge in [0, 0.05) is 39.1 Å². The van der Waals surface area contributed by atoms with E-state index in [4.69, 9.17) is 4.74 Å². The number of rotatable bonds is 7. The van der Waals surface area contributed by atoms with Crippen LogP contribution in [0.3, 0.4) is 0 Å². The fraction of sp³-hybridized carbons (Fsp3) is 0.579. The first-order valence-corrected chi connectivity index (χ1v) is 9.04. The minimum Gasteiger partial charge on any atom is -0.497 e. The molecule has 1 aliphatic rings. The molecule has 0 aromatic heterocycles. The zero-order valence-corrected chi connectivity index (χ0v) is 15.5. The minimum absolute atomic E-state index is 0.227. The Kier molecular flexibility index (Phi) is 7.57. The van der Waals surface area contributed by atoms with Gasteiger partial charge in [-0.3, -0.25) is 9.79 Å². The van der Waals surface area contributed by atoms with Crippen LogP contribution in [0.2, 0.25) is 0 Å². The summed E-state index contributed by atoms with van der Waals surface area (Å²) in [7, 11) is 3.47. The Labute approximate surface area is 150 Å². The van der Waals surface area contributed by atoms with Crippen LogP contribution in [0.25, 0.3) is 0 Å². The maximum Gasteiger partial charge on any atom is 0.222 e. The summed E-state index contributed by atoms with van der Waals surface area (Å²) in [5, 5.41) is 6.77. The molecule has 0 saturated carbocycles. The highest BCUT2D eigenvalue weighted by atomic mass is 16.5. The molecule has 138 valence electrons. The summed E-state index contributed by atoms with van der Waals surface area (Å²) in [5.74, 6) is 1.93. The average molecular weight is 346 g/mol. The largest absolute Gasteiger partial charge is 0.497 e. The van der Waals surface area contributed by atoms with Crippen molar-refractivity contribution in [1.82, 2.24) is 15.5 Å². The maximum absolute atomic E-state index is 11.7. The number of guanidine groups is 1. The Balaban J connectivity index is 1.69. The summed E-state index contributed by atoms with van der Waals surface area (Å²) >= 11 is 0. The van der Waals surface area contributed by atoms with Crippen LogP contribution >= 0.6 is 0 Å². The van der Waals surface area contributed by atoms with E-state index in [0.29, 0.717) is 6.42 Å². The first kappa shape index (κ1) is 19.1. The van der Waals surface area contributed by atoms with Gasteiger partial charge in [-0.1, -0.05) is 19.1 Å². The lowest BCUT2D eigenvalue weighted by atomic mass is 10.1. The fourth-order valence-electron chi connectivity index (χ4n) is 3.04. The molecule has 0 bridgehead atoms. The monoisotopic (exact) mass is 346 g/mol. The number of carbonyl (C=O) groups is 1. The van der Waals surface area contributed by atoms with Crippen molar-refractivity contribution >= 4 is 11.9 Å². The number of nitrogens with zero attached hydrogens (tertiary/aromatic N) is 2. The lowest BCUT2D eigenvalue weighted by Crippen LogP contribution is -2.45. The van der Waals surface area contributed by atoms with Crippen molar-refractivity contribution in [2.75, 3.05) is 33.8 Å². The van der Waals surface area contributed by atoms with Crippen molar-refractivity contribution in [3.63, 3.8) is 0 Å². The van der Waals surface area contributed by atoms with Crippen LogP contribution in [0.1, 0.15) is 31.7 Å². The number of aliphatic imine (C=N–C) groups is 1. The predicted molar refractivity (Wildman–Crippen MR) is 101 cm³/mol. The van der Waals surface area contributed by atoms with Crippen LogP contribution < -0.4 is 15.4 Å². The van der Waals surface area contributed by atoms with Gasteiger partial charge in [-0.05, 0) is 37.0 Å². The second-order valence-electron chi connectivity index (χ2n) is 6.28. The number of carbonyl (C=O) groups excluding carboxylic acids is 1. The van der Waals surface area contributed by atoms with Crippen LogP contribution in [0.15, 0.2) is 29.3 Å². The molecule has 6 nitrogen and oxygen atoms in total. The molecule has 1 atom stereocenters. The standard InChI is InChI=1S/C19H30N4O2/c1-4-18(24)23-12-10-16(14-23)22-19(20-2)21-11-6-8-15-7-5-9-17(13-15)25-3/h5,7,9,13,16H,4,6,8,10-12,14H2,1-3H3,(H2,20,21,22). The molecule has 1 saturated heterocycles. The Morgan fingerprint density at radius 1 is 1.44 bits per heavy atom. The Hall–Kier alpha value is -2.24. The number of aryl methyl sites for hydroxylation is 1. The summed E-state index contributed by atoms with van der Waals surface area (Å²) in [6.07, 6.45) is 3.54. The minimum atomic E-state index is 0.227. The third kappa shape index (κ3) is 5.96. The predicted octanol–water partition coefficient (Wildman–Crippen LogP) is 1.80. The number of hydrogen-bond acceptors (Lipinski definition) is 3. The highest BCUT2D eigenvalue weighted by Gasteiger charge is 2.25. The first-order valence-electron chi connectivity index (χ1n) is 9.04. The van der Waals surface area contributed by atoms with E-state index in [2.05, 4.69) is 27.8 Å².